The van der Waals surface area contributed by atoms with E-state index in [4.69, 9.17) is 0 Å². The molecule has 0 spiro atoms. The number of alkyl halides is 6. The minimum absolute atomic E-state index is 0.342. The molecule has 4 atom stereocenters. The SMILES string of the molecule is CCC(CC)N1C(=O)C2C3C(=O)N(c4ccc(-c5ccc(C(C)(CC)CC)cc5C(F)(F)F)c(C(F)(F)F)c4)C(=O)C3C2C1=O. The number of carbonyl (C=O) groups is 4. The summed E-state index contributed by atoms with van der Waals surface area (Å²) in [6, 6.07) is 5.23. The molecule has 2 heterocycles. The number of hydrogen-bond donors (Lipinski definition) is 0. The van der Waals surface area contributed by atoms with Crippen LogP contribution in [-0.2, 0) is 36.9 Å². The van der Waals surface area contributed by atoms with Gasteiger partial charge in [-0.05, 0) is 66.0 Å². The molecule has 12 heteroatoms. The Morgan fingerprint density at radius 3 is 1.49 bits per heavy atom. The molecule has 0 bridgehead atoms. The molecule has 1 aliphatic carbocycles. The molecule has 6 nitrogen and oxygen atoms in total. The zero-order valence-electron chi connectivity index (χ0n) is 25.5. The van der Waals surface area contributed by atoms with Gasteiger partial charge < -0.3 is 0 Å². The largest absolute Gasteiger partial charge is 0.417 e. The smallest absolute Gasteiger partial charge is 0.279 e. The molecule has 1 saturated carbocycles. The molecule has 2 aromatic carbocycles. The van der Waals surface area contributed by atoms with Crippen LogP contribution in [0.4, 0.5) is 32.0 Å². The third-order valence-electron chi connectivity index (χ3n) is 10.4. The van der Waals surface area contributed by atoms with Gasteiger partial charge in [0.2, 0.25) is 23.6 Å². The third kappa shape index (κ3) is 4.86. The zero-order chi connectivity index (χ0) is 33.4. The lowest BCUT2D eigenvalue weighted by atomic mass is 9.59. The normalized spacial score (nSPS) is 23.6. The molecule has 3 fully saturated rings. The lowest BCUT2D eigenvalue weighted by molar-refractivity contribution is -0.146. The van der Waals surface area contributed by atoms with E-state index in [0.29, 0.717) is 42.2 Å². The second-order valence-corrected chi connectivity index (χ2v) is 12.4. The van der Waals surface area contributed by atoms with Crippen LogP contribution in [0.1, 0.15) is 77.0 Å². The van der Waals surface area contributed by atoms with Crippen molar-refractivity contribution in [3.05, 3.63) is 53.1 Å². The predicted octanol–water partition coefficient (Wildman–Crippen LogP) is 7.38. The van der Waals surface area contributed by atoms with Gasteiger partial charge in [-0.1, -0.05) is 52.8 Å². The van der Waals surface area contributed by atoms with Crippen molar-refractivity contribution in [3.8, 4) is 11.1 Å². The van der Waals surface area contributed by atoms with E-state index in [9.17, 15) is 45.5 Å². The lowest BCUT2D eigenvalue weighted by Crippen LogP contribution is -2.50. The van der Waals surface area contributed by atoms with E-state index in [-0.39, 0.29) is 0 Å². The Kier molecular flexibility index (Phi) is 7.97. The number of fused-ring (bicyclic) bond motifs is 4. The first-order chi connectivity index (χ1) is 21.0. The first-order valence-corrected chi connectivity index (χ1v) is 15.1. The Balaban J connectivity index is 1.56. The van der Waals surface area contributed by atoms with E-state index in [2.05, 4.69) is 0 Å². The van der Waals surface area contributed by atoms with Gasteiger partial charge in [0.1, 0.15) is 0 Å². The second-order valence-electron chi connectivity index (χ2n) is 12.4. The highest BCUT2D eigenvalue weighted by Crippen LogP contribution is 2.58. The van der Waals surface area contributed by atoms with Crippen molar-refractivity contribution in [1.82, 2.24) is 4.90 Å². The third-order valence-corrected chi connectivity index (χ3v) is 10.4. The number of nitrogens with zero attached hydrogens (tertiary/aromatic N) is 2. The number of likely N-dealkylation sites (tertiary alicyclic amines) is 1. The summed E-state index contributed by atoms with van der Waals surface area (Å²) in [5.74, 6) is -7.48. The highest BCUT2D eigenvalue weighted by atomic mass is 19.4. The number of hydrogen-bond acceptors (Lipinski definition) is 4. The van der Waals surface area contributed by atoms with Gasteiger partial charge in [-0.2, -0.15) is 26.3 Å². The number of anilines is 1. The first-order valence-electron chi connectivity index (χ1n) is 15.1. The number of carbonyl (C=O) groups excluding carboxylic acids is 4. The molecule has 4 amide bonds. The molecule has 2 aliphatic heterocycles. The highest BCUT2D eigenvalue weighted by Gasteiger charge is 2.74. The van der Waals surface area contributed by atoms with Crippen molar-refractivity contribution >= 4 is 29.3 Å². The summed E-state index contributed by atoms with van der Waals surface area (Å²) >= 11 is 0. The molecule has 5 rings (SSSR count). The van der Waals surface area contributed by atoms with Crippen LogP contribution in [0.2, 0.25) is 0 Å². The summed E-state index contributed by atoms with van der Waals surface area (Å²) in [6.45, 7) is 9.03. The van der Waals surface area contributed by atoms with E-state index in [0.717, 1.165) is 29.2 Å². The van der Waals surface area contributed by atoms with Crippen molar-refractivity contribution in [1.29, 1.82) is 0 Å². The number of halogens is 6. The standard InChI is InChI=1S/C33H34F6N2O4/c1-6-17(7-2)40-27(42)23-24(28(40)43)26-25(23)29(44)41(30(26)45)18-11-13-20(22(15-18)33(37,38)39)19-12-10-16(31(5,8-3)9-4)14-21(19)32(34,35)36/h10-15,17,23-26H,6-9H2,1-5H3. The summed E-state index contributed by atoms with van der Waals surface area (Å²) in [4.78, 5) is 55.0. The van der Waals surface area contributed by atoms with Crippen LogP contribution in [0, 0.1) is 23.7 Å². The van der Waals surface area contributed by atoms with Gasteiger partial charge in [0, 0.05) is 6.04 Å². The quantitative estimate of drug-likeness (QED) is 0.224. The van der Waals surface area contributed by atoms with Gasteiger partial charge in [0.05, 0.1) is 40.5 Å². The molecule has 2 aromatic rings. The van der Waals surface area contributed by atoms with Crippen LogP contribution in [-0.4, -0.2) is 34.6 Å². The van der Waals surface area contributed by atoms with Crippen LogP contribution in [0.5, 0.6) is 0 Å². The summed E-state index contributed by atoms with van der Waals surface area (Å²) < 4.78 is 86.4. The number of amides is 4. The Morgan fingerprint density at radius 1 is 0.644 bits per heavy atom. The fourth-order valence-corrected chi connectivity index (χ4v) is 7.27. The van der Waals surface area contributed by atoms with Crippen LogP contribution in [0.25, 0.3) is 11.1 Å². The summed E-state index contributed by atoms with van der Waals surface area (Å²) in [7, 11) is 0. The summed E-state index contributed by atoms with van der Waals surface area (Å²) in [5.41, 5.74) is -4.91. The van der Waals surface area contributed by atoms with Crippen LogP contribution >= 0.6 is 0 Å². The maximum atomic E-state index is 14.5. The van der Waals surface area contributed by atoms with E-state index >= 15 is 0 Å². The second kappa shape index (κ2) is 11.0. The molecule has 3 aliphatic rings. The Labute approximate surface area is 256 Å². The molecule has 0 radical (unpaired) electrons. The Bertz CT molecular complexity index is 1530. The van der Waals surface area contributed by atoms with Crippen molar-refractivity contribution in [2.75, 3.05) is 4.90 Å². The monoisotopic (exact) mass is 636 g/mol. The van der Waals surface area contributed by atoms with Gasteiger partial charge in [-0.15, -0.1) is 0 Å². The van der Waals surface area contributed by atoms with Crippen molar-refractivity contribution < 1.29 is 45.5 Å². The Hall–Kier alpha value is -3.70. The molecule has 4 unspecified atom stereocenters. The van der Waals surface area contributed by atoms with E-state index in [1.165, 1.54) is 6.07 Å². The van der Waals surface area contributed by atoms with Gasteiger partial charge in [-0.3, -0.25) is 24.1 Å². The summed E-state index contributed by atoms with van der Waals surface area (Å²) in [5, 5.41) is 0. The molecule has 2 saturated heterocycles. The van der Waals surface area contributed by atoms with Crippen LogP contribution in [0.15, 0.2) is 36.4 Å². The Morgan fingerprint density at radius 2 is 1.07 bits per heavy atom. The fraction of sp³-hybridized carbons (Fsp3) is 0.515. The molecule has 0 aromatic heterocycles. The lowest BCUT2D eigenvalue weighted by Gasteiger charge is -2.36. The maximum Gasteiger partial charge on any atom is 0.417 e. The van der Waals surface area contributed by atoms with Gasteiger partial charge >= 0.3 is 12.4 Å². The average Bonchev–Trinajstić information content (AvgIpc) is 3.30. The minimum Gasteiger partial charge on any atom is -0.279 e. The molecule has 45 heavy (non-hydrogen) atoms. The number of rotatable bonds is 8. The van der Waals surface area contributed by atoms with Gasteiger partial charge in [-0.25, -0.2) is 4.90 Å². The summed E-state index contributed by atoms with van der Waals surface area (Å²) in [6.07, 6.45) is -8.14. The van der Waals surface area contributed by atoms with E-state index in [1.807, 2.05) is 13.8 Å². The van der Waals surface area contributed by atoms with E-state index in [1.54, 1.807) is 20.8 Å². The first kappa shape index (κ1) is 32.7. The van der Waals surface area contributed by atoms with Crippen molar-refractivity contribution in [3.63, 3.8) is 0 Å². The number of benzene rings is 2. The van der Waals surface area contributed by atoms with Crippen molar-refractivity contribution in [2.45, 2.75) is 84.1 Å². The minimum atomic E-state index is -5.16. The highest BCUT2D eigenvalue weighted by molar-refractivity contribution is 6.27. The number of imide groups is 2. The molecular formula is C33H34F6N2O4. The predicted molar refractivity (Wildman–Crippen MR) is 152 cm³/mol. The van der Waals surface area contributed by atoms with Gasteiger partial charge in [0.25, 0.3) is 0 Å². The molecule has 242 valence electrons. The van der Waals surface area contributed by atoms with Gasteiger partial charge in [0.15, 0.2) is 0 Å². The topological polar surface area (TPSA) is 74.8 Å². The fourth-order valence-electron chi connectivity index (χ4n) is 7.27. The van der Waals surface area contributed by atoms with Crippen LogP contribution < -0.4 is 4.90 Å². The van der Waals surface area contributed by atoms with Crippen molar-refractivity contribution in [2.24, 2.45) is 23.7 Å². The van der Waals surface area contributed by atoms with E-state index < -0.39 is 99.1 Å². The zero-order valence-corrected chi connectivity index (χ0v) is 25.5. The molecule has 0 N–H and O–H groups in total. The average molecular weight is 637 g/mol. The maximum absolute atomic E-state index is 14.5. The van der Waals surface area contributed by atoms with Crippen LogP contribution in [0.3, 0.4) is 0 Å². The molecular weight excluding hydrogens is 602 g/mol.